The zero-order chi connectivity index (χ0) is 15.0. The molecule has 4 N–H and O–H groups in total. The van der Waals surface area contributed by atoms with Gasteiger partial charge < -0.3 is 16.4 Å². The number of nitrogens with one attached hydrogen (secondary N) is 2. The second-order valence-electron chi connectivity index (χ2n) is 4.04. The molecule has 0 aromatic carbocycles. The number of ketones is 1. The summed E-state index contributed by atoms with van der Waals surface area (Å²) in [5.41, 5.74) is 5.05. The first-order valence-electron chi connectivity index (χ1n) is 5.66. The minimum atomic E-state index is -0.770. The molecule has 0 rings (SSSR count). The molecule has 0 saturated heterocycles. The number of amides is 3. The van der Waals surface area contributed by atoms with Crippen LogP contribution in [0, 0.1) is 0 Å². The van der Waals surface area contributed by atoms with E-state index in [1.807, 2.05) is 0 Å². The molecule has 0 aromatic rings. The molecule has 0 radical (unpaired) electrons. The van der Waals surface area contributed by atoms with Crippen LogP contribution in [0.4, 0.5) is 0 Å². The summed E-state index contributed by atoms with van der Waals surface area (Å²) in [7, 11) is 0. The van der Waals surface area contributed by atoms with E-state index < -0.39 is 17.2 Å². The van der Waals surface area contributed by atoms with Gasteiger partial charge in [0.15, 0.2) is 5.78 Å². The van der Waals surface area contributed by atoms with E-state index >= 15 is 0 Å². The highest BCUT2D eigenvalue weighted by atomic mass is 32.2. The van der Waals surface area contributed by atoms with E-state index in [2.05, 4.69) is 10.6 Å². The van der Waals surface area contributed by atoms with E-state index in [-0.39, 0.29) is 29.9 Å². The molecule has 0 heterocycles. The smallest absolute Gasteiger partial charge is 0.227 e. The lowest BCUT2D eigenvalue weighted by molar-refractivity contribution is -0.125. The predicted octanol–water partition coefficient (Wildman–Crippen LogP) is -1.20. The van der Waals surface area contributed by atoms with Crippen LogP contribution in [0.1, 0.15) is 20.8 Å². The third-order valence-electron chi connectivity index (χ3n) is 2.16. The fraction of sp³-hybridized carbons (Fsp3) is 0.636. The van der Waals surface area contributed by atoms with Crippen molar-refractivity contribution in [3.05, 3.63) is 0 Å². The normalized spacial score (nSPS) is 13.2. The number of nitrogens with two attached hydrogens (primary N) is 1. The summed E-state index contributed by atoms with van der Waals surface area (Å²) in [5, 5.41) is 4.63. The lowest BCUT2D eigenvalue weighted by atomic mass is 10.1. The first-order chi connectivity index (χ1) is 8.73. The number of thioether (sulfide) groups is 1. The van der Waals surface area contributed by atoms with E-state index in [1.165, 1.54) is 20.8 Å². The van der Waals surface area contributed by atoms with Gasteiger partial charge >= 0.3 is 0 Å². The maximum absolute atomic E-state index is 11.6. The topological polar surface area (TPSA) is 118 Å². The Hall–Kier alpha value is -1.57. The standard InChI is InChI=1S/C11H19N3O4S/c1-6(15)11(14-8(3)17)9(4-13-7(2)16)19-5-10(12)18/h9,11H,4-5H2,1-3H3,(H2,12,18)(H,13,16)(H,14,17). The third-order valence-corrected chi connectivity index (χ3v) is 3.48. The summed E-state index contributed by atoms with van der Waals surface area (Å²) < 4.78 is 0. The van der Waals surface area contributed by atoms with Crippen molar-refractivity contribution in [3.8, 4) is 0 Å². The number of primary amides is 1. The van der Waals surface area contributed by atoms with Crippen LogP contribution in [0.15, 0.2) is 0 Å². The van der Waals surface area contributed by atoms with Crippen LogP contribution < -0.4 is 16.4 Å². The monoisotopic (exact) mass is 289 g/mol. The molecule has 8 heteroatoms. The Morgan fingerprint density at radius 3 is 2.05 bits per heavy atom. The zero-order valence-electron chi connectivity index (χ0n) is 11.2. The lowest BCUT2D eigenvalue weighted by Crippen LogP contribution is -2.50. The van der Waals surface area contributed by atoms with Crippen LogP contribution in [0.3, 0.4) is 0 Å². The highest BCUT2D eigenvalue weighted by molar-refractivity contribution is 8.00. The summed E-state index contributed by atoms with van der Waals surface area (Å²) in [4.78, 5) is 44.4. The highest BCUT2D eigenvalue weighted by Gasteiger charge is 2.27. The minimum absolute atomic E-state index is 0.00756. The van der Waals surface area contributed by atoms with Crippen LogP contribution in [0.5, 0.6) is 0 Å². The summed E-state index contributed by atoms with van der Waals surface area (Å²) >= 11 is 1.13. The Morgan fingerprint density at radius 2 is 1.68 bits per heavy atom. The van der Waals surface area contributed by atoms with Crippen LogP contribution in [0.25, 0.3) is 0 Å². The first kappa shape index (κ1) is 17.4. The van der Waals surface area contributed by atoms with Gasteiger partial charge in [-0.3, -0.25) is 19.2 Å². The molecule has 7 nitrogen and oxygen atoms in total. The van der Waals surface area contributed by atoms with Crippen molar-refractivity contribution in [3.63, 3.8) is 0 Å². The molecule has 0 aliphatic carbocycles. The van der Waals surface area contributed by atoms with Gasteiger partial charge in [0, 0.05) is 25.6 Å². The largest absolute Gasteiger partial charge is 0.369 e. The van der Waals surface area contributed by atoms with Gasteiger partial charge in [0.05, 0.1) is 5.75 Å². The van der Waals surface area contributed by atoms with E-state index in [9.17, 15) is 19.2 Å². The fourth-order valence-electron chi connectivity index (χ4n) is 1.38. The summed E-state index contributed by atoms with van der Waals surface area (Å²) in [6.45, 7) is 4.14. The van der Waals surface area contributed by atoms with Crippen molar-refractivity contribution in [1.29, 1.82) is 0 Å². The van der Waals surface area contributed by atoms with Crippen molar-refractivity contribution in [2.75, 3.05) is 12.3 Å². The van der Waals surface area contributed by atoms with Crippen molar-refractivity contribution in [2.24, 2.45) is 5.73 Å². The van der Waals surface area contributed by atoms with E-state index in [0.717, 1.165) is 11.8 Å². The Kier molecular flexibility index (Phi) is 7.81. The Balaban J connectivity index is 4.80. The van der Waals surface area contributed by atoms with Crippen molar-refractivity contribution in [1.82, 2.24) is 10.6 Å². The Bertz CT molecular complexity index is 355. The number of carbonyl (C=O) groups is 4. The van der Waals surface area contributed by atoms with Crippen LogP contribution in [0.2, 0.25) is 0 Å². The van der Waals surface area contributed by atoms with Crippen molar-refractivity contribution in [2.45, 2.75) is 32.1 Å². The van der Waals surface area contributed by atoms with Gasteiger partial charge in [0.1, 0.15) is 6.04 Å². The fourth-order valence-corrected chi connectivity index (χ4v) is 2.41. The number of rotatable bonds is 8. The summed E-state index contributed by atoms with van der Waals surface area (Å²) in [5.74, 6) is -1.37. The molecule has 0 aromatic heterocycles. The second kappa shape index (κ2) is 8.52. The summed E-state index contributed by atoms with van der Waals surface area (Å²) in [6.07, 6.45) is 0. The van der Waals surface area contributed by atoms with Crippen molar-refractivity contribution >= 4 is 35.3 Å². The summed E-state index contributed by atoms with van der Waals surface area (Å²) in [6, 6.07) is -0.770. The Labute approximate surface area is 116 Å². The van der Waals surface area contributed by atoms with Crippen molar-refractivity contribution < 1.29 is 19.2 Å². The molecule has 3 amide bonds. The maximum Gasteiger partial charge on any atom is 0.227 e. The predicted molar refractivity (Wildman–Crippen MR) is 72.4 cm³/mol. The average molecular weight is 289 g/mol. The molecule has 108 valence electrons. The van der Waals surface area contributed by atoms with Gasteiger partial charge in [0.25, 0.3) is 0 Å². The molecule has 2 unspecified atom stereocenters. The molecule has 0 bridgehead atoms. The number of Topliss-reactive ketones (excluding diaryl/α,β-unsaturated/α-hetero) is 1. The second-order valence-corrected chi connectivity index (χ2v) is 5.27. The van der Waals surface area contributed by atoms with Gasteiger partial charge in [0.2, 0.25) is 17.7 Å². The van der Waals surface area contributed by atoms with Crippen LogP contribution in [-0.2, 0) is 19.2 Å². The molecule has 0 fully saturated rings. The van der Waals surface area contributed by atoms with Gasteiger partial charge in [-0.05, 0) is 6.92 Å². The number of carbonyl (C=O) groups excluding carboxylic acids is 4. The first-order valence-corrected chi connectivity index (χ1v) is 6.70. The Morgan fingerprint density at radius 1 is 1.11 bits per heavy atom. The average Bonchev–Trinajstić information content (AvgIpc) is 2.25. The minimum Gasteiger partial charge on any atom is -0.369 e. The number of hydrogen-bond donors (Lipinski definition) is 3. The SMILES string of the molecule is CC(=O)NCC(SCC(N)=O)C(NC(C)=O)C(C)=O. The van der Waals surface area contributed by atoms with E-state index in [1.54, 1.807) is 0 Å². The van der Waals surface area contributed by atoms with E-state index in [0.29, 0.717) is 0 Å². The molecule has 0 spiro atoms. The molecular weight excluding hydrogens is 270 g/mol. The van der Waals surface area contributed by atoms with E-state index in [4.69, 9.17) is 5.73 Å². The van der Waals surface area contributed by atoms with Crippen LogP contribution in [-0.4, -0.2) is 47.1 Å². The quantitative estimate of drug-likeness (QED) is 0.519. The molecule has 19 heavy (non-hydrogen) atoms. The lowest BCUT2D eigenvalue weighted by Gasteiger charge is -2.25. The van der Waals surface area contributed by atoms with Crippen LogP contribution >= 0.6 is 11.8 Å². The third kappa shape index (κ3) is 8.20. The maximum atomic E-state index is 11.6. The molecule has 2 atom stereocenters. The van der Waals surface area contributed by atoms with Gasteiger partial charge in [-0.2, -0.15) is 0 Å². The van der Waals surface area contributed by atoms with Gasteiger partial charge in [-0.1, -0.05) is 0 Å². The molecule has 0 saturated carbocycles. The van der Waals surface area contributed by atoms with Gasteiger partial charge in [-0.15, -0.1) is 11.8 Å². The zero-order valence-corrected chi connectivity index (χ0v) is 12.0. The number of hydrogen-bond acceptors (Lipinski definition) is 5. The van der Waals surface area contributed by atoms with Gasteiger partial charge in [-0.25, -0.2) is 0 Å². The highest BCUT2D eigenvalue weighted by Crippen LogP contribution is 2.15. The molecule has 0 aliphatic heterocycles. The molecular formula is C11H19N3O4S. The molecule has 0 aliphatic rings.